The molecule has 0 heterocycles. The molecule has 3 aromatic rings. The lowest BCUT2D eigenvalue weighted by Gasteiger charge is -2.12. The second kappa shape index (κ2) is 11.6. The van der Waals surface area contributed by atoms with E-state index in [1.165, 1.54) is 24.3 Å². The summed E-state index contributed by atoms with van der Waals surface area (Å²) in [4.78, 5) is 0. The maximum Gasteiger partial charge on any atom is 0.180 e. The van der Waals surface area contributed by atoms with E-state index in [1.54, 1.807) is 12.1 Å². The number of nitrogens with zero attached hydrogens (tertiary/aromatic N) is 8. The van der Waals surface area contributed by atoms with Crippen LogP contribution in [0.15, 0.2) is 35.4 Å². The molecule has 0 radical (unpaired) electrons. The molecule has 0 atom stereocenters. The zero-order chi connectivity index (χ0) is 35.2. The Bertz CT molecular complexity index is 2390. The van der Waals surface area contributed by atoms with Crippen LogP contribution in [-0.2, 0) is 0 Å². The summed E-state index contributed by atoms with van der Waals surface area (Å²) in [6.07, 6.45) is 0. The van der Waals surface area contributed by atoms with E-state index in [0.29, 0.717) is 12.1 Å². The van der Waals surface area contributed by atoms with Crippen LogP contribution >= 0.6 is 0 Å². The normalized spacial score (nSPS) is 12.4. The largest absolute Gasteiger partial charge is 0.205 e. The molecule has 0 unspecified atom stereocenters. The SMILES string of the molecule is N#CC(C#N)=C1C(c2cc(F)c(C#N)c(F)c2F)=C(C#N)c2cc3c(cc21)C(C#N)=C(c1cc(F)c(C#N)c(F)c1F)C3=C(C#N)C#N. The molecule has 0 N–H and O–H groups in total. The highest BCUT2D eigenvalue weighted by Gasteiger charge is 2.39. The number of allylic oxidation sites excluding steroid dienone is 8. The first kappa shape index (κ1) is 31.5. The van der Waals surface area contributed by atoms with Crippen LogP contribution in [0.25, 0.3) is 33.4 Å². The van der Waals surface area contributed by atoms with E-state index in [2.05, 4.69) is 0 Å². The van der Waals surface area contributed by atoms with E-state index >= 15 is 8.78 Å². The van der Waals surface area contributed by atoms with Gasteiger partial charge in [0.2, 0.25) is 0 Å². The zero-order valence-corrected chi connectivity index (χ0v) is 23.2. The van der Waals surface area contributed by atoms with Gasteiger partial charge in [-0.1, -0.05) is 0 Å². The van der Waals surface area contributed by atoms with E-state index < -0.39 is 102 Å². The van der Waals surface area contributed by atoms with Crippen molar-refractivity contribution in [2.45, 2.75) is 0 Å². The van der Waals surface area contributed by atoms with Crippen LogP contribution in [0.3, 0.4) is 0 Å². The van der Waals surface area contributed by atoms with Crippen molar-refractivity contribution in [2.75, 3.05) is 0 Å². The summed E-state index contributed by atoms with van der Waals surface area (Å²) in [5.41, 5.74) is -10.9. The van der Waals surface area contributed by atoms with E-state index in [1.807, 2.05) is 0 Å². The van der Waals surface area contributed by atoms with Crippen LogP contribution in [0, 0.1) is 126 Å². The lowest BCUT2D eigenvalue weighted by molar-refractivity contribution is 0.489. The molecule has 2 aliphatic rings. The smallest absolute Gasteiger partial charge is 0.180 e. The second-order valence-corrected chi connectivity index (χ2v) is 9.66. The van der Waals surface area contributed by atoms with Gasteiger partial charge in [0.25, 0.3) is 0 Å². The van der Waals surface area contributed by atoms with Crippen molar-refractivity contribution in [2.24, 2.45) is 0 Å². The molecule has 0 saturated heterocycles. The standard InChI is InChI=1S/C34H4F6N8/c35-25-3-19(31(37)33(39)23(25)11-47)29-21(9-45)15-1-17-16(2-18(15)28(29)14(7-43)8-44)22(10-46)30(27(17)13(5-41)6-42)20-4-26(36)24(12-48)34(40)32(20)38/h1-4H. The number of rotatable bonds is 2. The van der Waals surface area contributed by atoms with Crippen molar-refractivity contribution in [3.63, 3.8) is 0 Å². The first-order valence-electron chi connectivity index (χ1n) is 12.7. The van der Waals surface area contributed by atoms with Crippen molar-refractivity contribution >= 4 is 33.4 Å². The number of halogens is 6. The molecule has 48 heavy (non-hydrogen) atoms. The molecule has 0 aliphatic heterocycles. The van der Waals surface area contributed by atoms with Crippen molar-refractivity contribution in [3.05, 3.63) is 115 Å². The molecule has 222 valence electrons. The van der Waals surface area contributed by atoms with Gasteiger partial charge in [0.1, 0.15) is 82.5 Å². The Balaban J connectivity index is 1.98. The number of fused-ring (bicyclic) bond motifs is 2. The summed E-state index contributed by atoms with van der Waals surface area (Å²) < 4.78 is 89.8. The first-order chi connectivity index (χ1) is 23.0. The van der Waals surface area contributed by atoms with Crippen LogP contribution < -0.4 is 0 Å². The molecule has 14 heteroatoms. The van der Waals surface area contributed by atoms with E-state index in [-0.39, 0.29) is 22.3 Å². The summed E-state index contributed by atoms with van der Waals surface area (Å²) in [6, 6.07) is 14.6. The number of hydrogen-bond donors (Lipinski definition) is 0. The topological polar surface area (TPSA) is 190 Å². The Morgan fingerprint density at radius 2 is 0.729 bits per heavy atom. The van der Waals surface area contributed by atoms with Gasteiger partial charge in [-0.15, -0.1) is 0 Å². The first-order valence-corrected chi connectivity index (χ1v) is 12.7. The molecule has 3 aromatic carbocycles. The minimum Gasteiger partial charge on any atom is -0.205 e. The number of hydrogen-bond acceptors (Lipinski definition) is 8. The fraction of sp³-hybridized carbons (Fsp3) is 0. The molecule has 0 spiro atoms. The maximum absolute atomic E-state index is 15.4. The highest BCUT2D eigenvalue weighted by atomic mass is 19.2. The number of benzene rings is 3. The molecule has 5 rings (SSSR count). The monoisotopic (exact) mass is 638 g/mol. The third kappa shape index (κ3) is 4.18. The summed E-state index contributed by atoms with van der Waals surface area (Å²) in [5, 5.41) is 77.7. The van der Waals surface area contributed by atoms with Gasteiger partial charge in [-0.05, 0) is 35.4 Å². The van der Waals surface area contributed by atoms with Crippen LogP contribution in [0.1, 0.15) is 44.5 Å². The molecular weight excluding hydrogens is 634 g/mol. The summed E-state index contributed by atoms with van der Waals surface area (Å²) in [5.74, 6) is -10.6. The van der Waals surface area contributed by atoms with Crippen molar-refractivity contribution < 1.29 is 26.3 Å². The van der Waals surface area contributed by atoms with E-state index in [0.717, 1.165) is 24.3 Å². The zero-order valence-electron chi connectivity index (χ0n) is 23.2. The van der Waals surface area contributed by atoms with Gasteiger partial charge in [-0.25, -0.2) is 26.3 Å². The summed E-state index contributed by atoms with van der Waals surface area (Å²) >= 11 is 0. The van der Waals surface area contributed by atoms with E-state index in [9.17, 15) is 49.1 Å². The average Bonchev–Trinajstić information content (AvgIpc) is 3.56. The second-order valence-electron chi connectivity index (χ2n) is 9.66. The molecule has 2 aliphatic carbocycles. The van der Waals surface area contributed by atoms with Crippen LogP contribution in [-0.4, -0.2) is 0 Å². The predicted molar refractivity (Wildman–Crippen MR) is 150 cm³/mol. The molecule has 0 amide bonds. The van der Waals surface area contributed by atoms with Gasteiger partial charge in [0, 0.05) is 44.5 Å². The average molecular weight is 638 g/mol. The van der Waals surface area contributed by atoms with Crippen LogP contribution in [0.2, 0.25) is 0 Å². The minimum absolute atomic E-state index is 0.274. The Labute approximate surface area is 265 Å². The lowest BCUT2D eigenvalue weighted by Crippen LogP contribution is -2.02. The molecular formula is C34H4F6N8. The van der Waals surface area contributed by atoms with Gasteiger partial charge in [0.15, 0.2) is 23.3 Å². The fourth-order valence-corrected chi connectivity index (χ4v) is 5.54. The maximum atomic E-state index is 15.4. The van der Waals surface area contributed by atoms with Gasteiger partial charge in [0.05, 0.1) is 11.1 Å². The summed E-state index contributed by atoms with van der Waals surface area (Å²) in [6.45, 7) is 0. The molecule has 0 bridgehead atoms. The quantitative estimate of drug-likeness (QED) is 0.167. The van der Waals surface area contributed by atoms with Crippen molar-refractivity contribution in [3.8, 4) is 48.6 Å². The minimum atomic E-state index is -1.94. The summed E-state index contributed by atoms with van der Waals surface area (Å²) in [7, 11) is 0. The fourth-order valence-electron chi connectivity index (χ4n) is 5.54. The Morgan fingerprint density at radius 1 is 0.396 bits per heavy atom. The van der Waals surface area contributed by atoms with Gasteiger partial charge < -0.3 is 0 Å². The molecule has 8 nitrogen and oxygen atoms in total. The Morgan fingerprint density at radius 3 is 1.00 bits per heavy atom. The Hall–Kier alpha value is -7.88. The van der Waals surface area contributed by atoms with E-state index in [4.69, 9.17) is 10.5 Å². The third-order valence-electron chi connectivity index (χ3n) is 7.49. The molecule has 0 fully saturated rings. The third-order valence-corrected chi connectivity index (χ3v) is 7.49. The number of nitriles is 8. The van der Waals surface area contributed by atoms with Gasteiger partial charge in [-0.3, -0.25) is 0 Å². The highest BCUT2D eigenvalue weighted by Crippen LogP contribution is 2.55. The van der Waals surface area contributed by atoms with Crippen molar-refractivity contribution in [1.82, 2.24) is 0 Å². The lowest BCUT2D eigenvalue weighted by atomic mass is 9.89. The van der Waals surface area contributed by atoms with Gasteiger partial charge >= 0.3 is 0 Å². The van der Waals surface area contributed by atoms with Crippen LogP contribution in [0.4, 0.5) is 26.3 Å². The molecule has 0 saturated carbocycles. The predicted octanol–water partition coefficient (Wildman–Crippen LogP) is 6.76. The van der Waals surface area contributed by atoms with Crippen molar-refractivity contribution in [1.29, 1.82) is 42.1 Å². The highest BCUT2D eigenvalue weighted by molar-refractivity contribution is 6.30. The van der Waals surface area contributed by atoms with Crippen LogP contribution in [0.5, 0.6) is 0 Å². The van der Waals surface area contributed by atoms with Gasteiger partial charge in [-0.2, -0.15) is 42.1 Å². The Kier molecular flexibility index (Phi) is 7.60. The molecule has 0 aromatic heterocycles.